The van der Waals surface area contributed by atoms with E-state index in [0.717, 1.165) is 6.07 Å². The molecule has 33 heavy (non-hydrogen) atoms. The zero-order valence-corrected chi connectivity index (χ0v) is 19.3. The fourth-order valence-electron chi connectivity index (χ4n) is 3.24. The zero-order chi connectivity index (χ0) is 24.7. The molecule has 1 unspecified atom stereocenters. The maximum absolute atomic E-state index is 13.8. The highest BCUT2D eigenvalue weighted by Crippen LogP contribution is 2.16. The summed E-state index contributed by atoms with van der Waals surface area (Å²) in [7, 11) is -3.79. The molecule has 2 amide bonds. The van der Waals surface area contributed by atoms with Crippen LogP contribution in [-0.4, -0.2) is 63.6 Å². The summed E-state index contributed by atoms with van der Waals surface area (Å²) in [5, 5.41) is 37.7. The van der Waals surface area contributed by atoms with Crippen molar-refractivity contribution in [3.05, 3.63) is 57.8 Å². The van der Waals surface area contributed by atoms with Crippen LogP contribution in [0.4, 0.5) is 4.39 Å². The van der Waals surface area contributed by atoms with E-state index in [1.54, 1.807) is 0 Å². The highest BCUT2D eigenvalue weighted by atomic mass is 79.9. The molecular formula is C20H25B2BrFN3O6. The number of rotatable bonds is 11. The molecule has 0 spiro atoms. The minimum Gasteiger partial charge on any atom is -0.423 e. The average molecular weight is 524 g/mol. The molecule has 2 aromatic carbocycles. The van der Waals surface area contributed by atoms with Gasteiger partial charge in [-0.15, -0.1) is 0 Å². The van der Waals surface area contributed by atoms with E-state index in [2.05, 4.69) is 15.9 Å². The van der Waals surface area contributed by atoms with E-state index in [1.807, 2.05) is 0 Å². The smallest absolute Gasteiger partial charge is 0.423 e. The van der Waals surface area contributed by atoms with Gasteiger partial charge >= 0.3 is 14.2 Å². The number of halogens is 2. The monoisotopic (exact) mass is 523 g/mol. The van der Waals surface area contributed by atoms with Crippen molar-refractivity contribution < 1.29 is 34.1 Å². The first kappa shape index (κ1) is 27.0. The molecule has 0 radical (unpaired) electrons. The quantitative estimate of drug-likeness (QED) is 0.155. The number of benzene rings is 2. The Kier molecular flexibility index (Phi) is 10.0. The Morgan fingerprint density at radius 2 is 1.76 bits per heavy atom. The first-order valence-electron chi connectivity index (χ1n) is 10.1. The molecule has 0 saturated heterocycles. The third kappa shape index (κ3) is 7.91. The van der Waals surface area contributed by atoms with Crippen molar-refractivity contribution in [1.29, 1.82) is 0 Å². The van der Waals surface area contributed by atoms with E-state index in [1.165, 1.54) is 35.2 Å². The molecule has 0 heterocycles. The van der Waals surface area contributed by atoms with Crippen molar-refractivity contribution in [1.82, 2.24) is 4.90 Å². The summed E-state index contributed by atoms with van der Waals surface area (Å²) in [6.07, 6.45) is 1.33. The van der Waals surface area contributed by atoms with Crippen LogP contribution in [-0.2, 0) is 11.3 Å². The Hall–Kier alpha value is -2.28. The maximum atomic E-state index is 13.8. The first-order chi connectivity index (χ1) is 15.5. The molecular weight excluding hydrogens is 499 g/mol. The van der Waals surface area contributed by atoms with Crippen LogP contribution in [0.5, 0.6) is 0 Å². The van der Waals surface area contributed by atoms with Crippen LogP contribution >= 0.6 is 15.9 Å². The molecule has 0 fully saturated rings. The lowest BCUT2D eigenvalue weighted by Crippen LogP contribution is -2.37. The second-order valence-corrected chi connectivity index (χ2v) is 8.52. The Morgan fingerprint density at radius 1 is 1.06 bits per heavy atom. The van der Waals surface area contributed by atoms with Gasteiger partial charge in [-0.25, -0.2) is 4.39 Å². The molecule has 0 aliphatic heterocycles. The molecule has 0 aliphatic carbocycles. The third-order valence-electron chi connectivity index (χ3n) is 5.02. The van der Waals surface area contributed by atoms with Crippen molar-refractivity contribution >= 4 is 52.9 Å². The topological polar surface area (TPSA) is 170 Å². The SMILES string of the molecule is NC(=O)C(N)CCCCN(Cc1ccc(F)c(B(O)O)c1)C(=O)c1cc(Br)cc(B(O)O)c1. The lowest BCUT2D eigenvalue weighted by molar-refractivity contribution is -0.119. The molecule has 176 valence electrons. The summed E-state index contributed by atoms with van der Waals surface area (Å²) < 4.78 is 14.3. The number of hydrogen-bond acceptors (Lipinski definition) is 7. The molecule has 0 saturated carbocycles. The van der Waals surface area contributed by atoms with Crippen LogP contribution in [0, 0.1) is 5.82 Å². The van der Waals surface area contributed by atoms with Crippen LogP contribution in [0.15, 0.2) is 40.9 Å². The van der Waals surface area contributed by atoms with Crippen molar-refractivity contribution in [2.24, 2.45) is 11.5 Å². The second-order valence-electron chi connectivity index (χ2n) is 7.61. The zero-order valence-electron chi connectivity index (χ0n) is 17.7. The van der Waals surface area contributed by atoms with Gasteiger partial charge in [-0.1, -0.05) is 28.1 Å². The van der Waals surface area contributed by atoms with Gasteiger partial charge in [-0.2, -0.15) is 0 Å². The molecule has 0 bridgehead atoms. The molecule has 0 aliphatic rings. The van der Waals surface area contributed by atoms with Crippen molar-refractivity contribution in [3.63, 3.8) is 0 Å². The largest absolute Gasteiger partial charge is 0.491 e. The Labute approximate surface area is 199 Å². The van der Waals surface area contributed by atoms with Gasteiger partial charge in [0.15, 0.2) is 0 Å². The highest BCUT2D eigenvalue weighted by molar-refractivity contribution is 9.10. The summed E-state index contributed by atoms with van der Waals surface area (Å²) >= 11 is 3.24. The van der Waals surface area contributed by atoms with E-state index in [4.69, 9.17) is 11.5 Å². The Morgan fingerprint density at radius 3 is 2.36 bits per heavy atom. The summed E-state index contributed by atoms with van der Waals surface area (Å²) in [4.78, 5) is 25.8. The van der Waals surface area contributed by atoms with Gasteiger partial charge in [0.05, 0.1) is 6.04 Å². The van der Waals surface area contributed by atoms with Crippen molar-refractivity contribution in [3.8, 4) is 0 Å². The maximum Gasteiger partial charge on any atom is 0.491 e. The fourth-order valence-corrected chi connectivity index (χ4v) is 3.75. The summed E-state index contributed by atoms with van der Waals surface area (Å²) in [6.45, 7) is 0.256. The van der Waals surface area contributed by atoms with Gasteiger partial charge in [0.25, 0.3) is 5.91 Å². The molecule has 8 N–H and O–H groups in total. The number of hydrogen-bond donors (Lipinski definition) is 6. The van der Waals surface area contributed by atoms with Gasteiger partial charge in [0.2, 0.25) is 5.91 Å². The fraction of sp³-hybridized carbons (Fsp3) is 0.300. The molecule has 1 atom stereocenters. The Balaban J connectivity index is 2.27. The standard InChI is InChI=1S/C20H25B2BrFN3O6/c23-15-9-13(8-14(10-15)21(30)31)20(29)27(6-2-1-3-18(25)19(26)28)11-12-4-5-17(24)16(7-12)22(32)33/h4-5,7-10,18,30-33H,1-3,6,11,25H2,(H2,26,28). The minimum absolute atomic E-state index is 0.0181. The highest BCUT2D eigenvalue weighted by Gasteiger charge is 2.22. The van der Waals surface area contributed by atoms with E-state index >= 15 is 0 Å². The number of primary amides is 1. The van der Waals surface area contributed by atoms with Gasteiger partial charge in [-0.05, 0) is 54.6 Å². The number of amides is 2. The number of carbonyl (C=O) groups is 2. The van der Waals surface area contributed by atoms with Gasteiger partial charge in [-0.3, -0.25) is 9.59 Å². The molecule has 13 heteroatoms. The molecule has 0 aromatic heterocycles. The molecule has 9 nitrogen and oxygen atoms in total. The van der Waals surface area contributed by atoms with Crippen LogP contribution in [0.3, 0.4) is 0 Å². The van der Waals surface area contributed by atoms with Gasteiger partial charge in [0, 0.05) is 28.6 Å². The third-order valence-corrected chi connectivity index (χ3v) is 5.48. The summed E-state index contributed by atoms with van der Waals surface area (Å²) in [6, 6.07) is 7.31. The number of carbonyl (C=O) groups excluding carboxylic acids is 2. The number of nitrogens with two attached hydrogens (primary N) is 2. The normalized spacial score (nSPS) is 11.7. The second kappa shape index (κ2) is 12.3. The number of unbranched alkanes of at least 4 members (excludes halogenated alkanes) is 1. The van der Waals surface area contributed by atoms with E-state index in [0.29, 0.717) is 29.3 Å². The van der Waals surface area contributed by atoms with Gasteiger partial charge in [0.1, 0.15) is 5.82 Å². The number of nitrogens with zero attached hydrogens (tertiary/aromatic N) is 1. The summed E-state index contributed by atoms with van der Waals surface area (Å²) in [5.41, 5.74) is 11.2. The van der Waals surface area contributed by atoms with E-state index < -0.39 is 37.9 Å². The minimum atomic E-state index is -2.01. The van der Waals surface area contributed by atoms with Crippen LogP contribution in [0.1, 0.15) is 35.2 Å². The van der Waals surface area contributed by atoms with E-state index in [-0.39, 0.29) is 29.6 Å². The molecule has 2 aromatic rings. The van der Waals surface area contributed by atoms with Crippen LogP contribution in [0.25, 0.3) is 0 Å². The van der Waals surface area contributed by atoms with Gasteiger partial charge < -0.3 is 36.5 Å². The molecule has 2 rings (SSSR count). The van der Waals surface area contributed by atoms with E-state index in [9.17, 15) is 34.1 Å². The predicted octanol–water partition coefficient (Wildman–Crippen LogP) is -1.43. The van der Waals surface area contributed by atoms with Crippen LogP contribution < -0.4 is 22.4 Å². The van der Waals surface area contributed by atoms with Crippen molar-refractivity contribution in [2.75, 3.05) is 6.54 Å². The Bertz CT molecular complexity index is 998. The predicted molar refractivity (Wildman–Crippen MR) is 126 cm³/mol. The first-order valence-corrected chi connectivity index (χ1v) is 10.9. The lowest BCUT2D eigenvalue weighted by Gasteiger charge is -2.24. The summed E-state index contributed by atoms with van der Waals surface area (Å²) in [5.74, 6) is -1.85. The van der Waals surface area contributed by atoms with Crippen LogP contribution in [0.2, 0.25) is 0 Å². The average Bonchev–Trinajstić information content (AvgIpc) is 2.75. The lowest BCUT2D eigenvalue weighted by atomic mass is 9.79. The van der Waals surface area contributed by atoms with Crippen molar-refractivity contribution in [2.45, 2.75) is 31.8 Å².